The van der Waals surface area contributed by atoms with Crippen LogP contribution in [0.3, 0.4) is 0 Å². The van der Waals surface area contributed by atoms with E-state index in [0.717, 1.165) is 44.6 Å². The summed E-state index contributed by atoms with van der Waals surface area (Å²) in [6.45, 7) is 6.68. The van der Waals surface area contributed by atoms with Gasteiger partial charge in [-0.05, 0) is 39.3 Å². The number of hydrogen-bond donors (Lipinski definition) is 0. The standard InChI is InChI=1S/C14H23N3O2/c1-4-17-12(9-11(2)15-17)10-16-8-6-5-7-13(16)14(18)19-3/h9,13H,4-8,10H2,1-3H3/t13-/m1/s1. The third kappa shape index (κ3) is 3.15. The molecule has 0 spiro atoms. The van der Waals surface area contributed by atoms with Gasteiger partial charge in [-0.15, -0.1) is 0 Å². The number of carbonyl (C=O) groups is 1. The molecule has 5 nitrogen and oxygen atoms in total. The van der Waals surface area contributed by atoms with E-state index in [2.05, 4.69) is 23.0 Å². The van der Waals surface area contributed by atoms with E-state index in [4.69, 9.17) is 4.74 Å². The van der Waals surface area contributed by atoms with Crippen molar-refractivity contribution in [2.24, 2.45) is 0 Å². The number of aromatic nitrogens is 2. The lowest BCUT2D eigenvalue weighted by atomic mass is 10.0. The lowest BCUT2D eigenvalue weighted by Gasteiger charge is -2.33. The molecule has 0 aromatic carbocycles. The van der Waals surface area contributed by atoms with E-state index in [9.17, 15) is 4.79 Å². The van der Waals surface area contributed by atoms with Gasteiger partial charge >= 0.3 is 5.97 Å². The van der Waals surface area contributed by atoms with E-state index < -0.39 is 0 Å². The van der Waals surface area contributed by atoms with E-state index in [1.54, 1.807) is 0 Å². The van der Waals surface area contributed by atoms with Crippen molar-refractivity contribution < 1.29 is 9.53 Å². The van der Waals surface area contributed by atoms with Gasteiger partial charge in [0.1, 0.15) is 6.04 Å². The van der Waals surface area contributed by atoms with Crippen LogP contribution in [0.2, 0.25) is 0 Å². The average molecular weight is 265 g/mol. The Balaban J connectivity index is 2.12. The lowest BCUT2D eigenvalue weighted by Crippen LogP contribution is -2.44. The maximum absolute atomic E-state index is 11.8. The third-order valence-electron chi connectivity index (χ3n) is 3.74. The van der Waals surface area contributed by atoms with Crippen molar-refractivity contribution in [3.8, 4) is 0 Å². The molecule has 1 atom stereocenters. The summed E-state index contributed by atoms with van der Waals surface area (Å²) in [6, 6.07) is 2.01. The number of nitrogens with zero attached hydrogens (tertiary/aromatic N) is 3. The smallest absolute Gasteiger partial charge is 0.323 e. The highest BCUT2D eigenvalue weighted by Crippen LogP contribution is 2.21. The first kappa shape index (κ1) is 14.1. The van der Waals surface area contributed by atoms with Crippen molar-refractivity contribution >= 4 is 5.97 Å². The molecule has 1 aliphatic heterocycles. The molecule has 0 unspecified atom stereocenters. The van der Waals surface area contributed by atoms with Crippen LogP contribution in [0.25, 0.3) is 0 Å². The molecule has 2 rings (SSSR count). The van der Waals surface area contributed by atoms with E-state index >= 15 is 0 Å². The van der Waals surface area contributed by atoms with Gasteiger partial charge in [0, 0.05) is 13.1 Å². The Labute approximate surface area is 114 Å². The Morgan fingerprint density at radius 1 is 1.53 bits per heavy atom. The fourth-order valence-electron chi connectivity index (χ4n) is 2.79. The SMILES string of the molecule is CCn1nc(C)cc1CN1CCCC[C@@H]1C(=O)OC. The summed E-state index contributed by atoms with van der Waals surface area (Å²) in [5, 5.41) is 4.46. The number of rotatable bonds is 4. The molecular weight excluding hydrogens is 242 g/mol. The van der Waals surface area contributed by atoms with E-state index in [0.29, 0.717) is 0 Å². The summed E-state index contributed by atoms with van der Waals surface area (Å²) < 4.78 is 6.93. The van der Waals surface area contributed by atoms with Gasteiger partial charge in [0.05, 0.1) is 18.5 Å². The molecule has 0 saturated carbocycles. The van der Waals surface area contributed by atoms with E-state index in [1.807, 2.05) is 11.6 Å². The Morgan fingerprint density at radius 2 is 2.32 bits per heavy atom. The first-order chi connectivity index (χ1) is 9.15. The number of esters is 1. The first-order valence-electron chi connectivity index (χ1n) is 7.01. The number of carbonyl (C=O) groups excluding carboxylic acids is 1. The van der Waals surface area contributed by atoms with Crippen LogP contribution in [0.1, 0.15) is 37.6 Å². The molecular formula is C14H23N3O2. The summed E-state index contributed by atoms with van der Waals surface area (Å²) in [5.41, 5.74) is 2.21. The van der Waals surface area contributed by atoms with Crippen LogP contribution in [0.15, 0.2) is 6.07 Å². The minimum absolute atomic E-state index is 0.0979. The van der Waals surface area contributed by atoms with Crippen LogP contribution in [0.4, 0.5) is 0 Å². The molecule has 2 heterocycles. The maximum Gasteiger partial charge on any atom is 0.323 e. The molecule has 1 fully saturated rings. The second kappa shape index (κ2) is 6.19. The minimum Gasteiger partial charge on any atom is -0.468 e. The van der Waals surface area contributed by atoms with Crippen LogP contribution < -0.4 is 0 Å². The van der Waals surface area contributed by atoms with Gasteiger partial charge in [0.25, 0.3) is 0 Å². The third-order valence-corrected chi connectivity index (χ3v) is 3.74. The predicted molar refractivity (Wildman–Crippen MR) is 72.7 cm³/mol. The quantitative estimate of drug-likeness (QED) is 0.778. The maximum atomic E-state index is 11.8. The molecule has 106 valence electrons. The Hall–Kier alpha value is -1.36. The Kier molecular flexibility index (Phi) is 4.58. The molecule has 1 aromatic heterocycles. The van der Waals surface area contributed by atoms with Crippen LogP contribution in [0, 0.1) is 6.92 Å². The first-order valence-corrected chi connectivity index (χ1v) is 7.01. The van der Waals surface area contributed by atoms with Crippen molar-refractivity contribution in [3.63, 3.8) is 0 Å². The summed E-state index contributed by atoms with van der Waals surface area (Å²) in [6.07, 6.45) is 3.14. The van der Waals surface area contributed by atoms with Crippen LogP contribution in [-0.2, 0) is 22.6 Å². The van der Waals surface area contributed by atoms with Crippen LogP contribution >= 0.6 is 0 Å². The molecule has 5 heteroatoms. The largest absolute Gasteiger partial charge is 0.468 e. The molecule has 19 heavy (non-hydrogen) atoms. The number of piperidine rings is 1. The van der Waals surface area contributed by atoms with Crippen molar-refractivity contribution in [1.82, 2.24) is 14.7 Å². The van der Waals surface area contributed by atoms with Gasteiger partial charge in [0.15, 0.2) is 0 Å². The molecule has 0 aliphatic carbocycles. The van der Waals surface area contributed by atoms with Crippen molar-refractivity contribution in [3.05, 3.63) is 17.5 Å². The molecule has 0 radical (unpaired) electrons. The van der Waals surface area contributed by atoms with E-state index in [-0.39, 0.29) is 12.0 Å². The second-order valence-corrected chi connectivity index (χ2v) is 5.10. The molecule has 1 saturated heterocycles. The zero-order chi connectivity index (χ0) is 13.8. The summed E-state index contributed by atoms with van der Waals surface area (Å²) in [7, 11) is 1.47. The fraction of sp³-hybridized carbons (Fsp3) is 0.714. The molecule has 0 amide bonds. The highest BCUT2D eigenvalue weighted by Gasteiger charge is 2.29. The monoisotopic (exact) mass is 265 g/mol. The Bertz CT molecular complexity index is 442. The highest BCUT2D eigenvalue weighted by molar-refractivity contribution is 5.75. The summed E-state index contributed by atoms with van der Waals surface area (Å²) in [5.74, 6) is -0.112. The molecule has 0 N–H and O–H groups in total. The number of ether oxygens (including phenoxy) is 1. The summed E-state index contributed by atoms with van der Waals surface area (Å²) >= 11 is 0. The van der Waals surface area contributed by atoms with Crippen molar-refractivity contribution in [2.45, 2.75) is 52.2 Å². The van der Waals surface area contributed by atoms with Gasteiger partial charge in [-0.3, -0.25) is 14.4 Å². The Morgan fingerprint density at radius 3 is 3.00 bits per heavy atom. The zero-order valence-electron chi connectivity index (χ0n) is 12.1. The lowest BCUT2D eigenvalue weighted by molar-refractivity contribution is -0.148. The number of methoxy groups -OCH3 is 1. The summed E-state index contributed by atoms with van der Waals surface area (Å²) in [4.78, 5) is 14.1. The van der Waals surface area contributed by atoms with Gasteiger partial charge < -0.3 is 4.74 Å². The fourth-order valence-corrected chi connectivity index (χ4v) is 2.79. The van der Waals surface area contributed by atoms with Crippen LogP contribution in [0.5, 0.6) is 0 Å². The van der Waals surface area contributed by atoms with Crippen LogP contribution in [-0.4, -0.2) is 40.3 Å². The zero-order valence-corrected chi connectivity index (χ0v) is 12.1. The number of aryl methyl sites for hydroxylation is 2. The topological polar surface area (TPSA) is 47.4 Å². The normalized spacial score (nSPS) is 20.5. The average Bonchev–Trinajstić information content (AvgIpc) is 2.78. The molecule has 0 bridgehead atoms. The minimum atomic E-state index is -0.112. The highest BCUT2D eigenvalue weighted by atomic mass is 16.5. The van der Waals surface area contributed by atoms with Gasteiger partial charge in [-0.2, -0.15) is 5.10 Å². The molecule has 1 aliphatic rings. The van der Waals surface area contributed by atoms with Gasteiger partial charge in [0.2, 0.25) is 0 Å². The van der Waals surface area contributed by atoms with Crippen molar-refractivity contribution in [2.75, 3.05) is 13.7 Å². The van der Waals surface area contributed by atoms with Gasteiger partial charge in [-0.25, -0.2) is 0 Å². The molecule has 1 aromatic rings. The van der Waals surface area contributed by atoms with E-state index in [1.165, 1.54) is 12.8 Å². The number of hydrogen-bond acceptors (Lipinski definition) is 4. The number of likely N-dealkylation sites (tertiary alicyclic amines) is 1. The predicted octanol–water partition coefficient (Wildman–Crippen LogP) is 1.74. The van der Waals surface area contributed by atoms with Crippen molar-refractivity contribution in [1.29, 1.82) is 0 Å². The van der Waals surface area contributed by atoms with Gasteiger partial charge in [-0.1, -0.05) is 6.42 Å². The second-order valence-electron chi connectivity index (χ2n) is 5.10.